The van der Waals surface area contributed by atoms with Gasteiger partial charge in [-0.25, -0.2) is 4.79 Å². The van der Waals surface area contributed by atoms with Crippen LogP contribution in [0.1, 0.15) is 11.1 Å². The molecule has 2 aromatic carbocycles. The number of nitro benzene ring substituents is 1. The first-order valence-corrected chi connectivity index (χ1v) is 7.92. The van der Waals surface area contributed by atoms with Crippen molar-refractivity contribution in [2.24, 2.45) is 0 Å². The van der Waals surface area contributed by atoms with Gasteiger partial charge in [0.05, 0.1) is 4.92 Å². The van der Waals surface area contributed by atoms with Gasteiger partial charge in [-0.1, -0.05) is 23.7 Å². The zero-order valence-electron chi connectivity index (χ0n) is 13.6. The fraction of sp³-hybridized carbons (Fsp3) is 0.111. The molecule has 0 aliphatic rings. The monoisotopic (exact) mass is 374 g/mol. The van der Waals surface area contributed by atoms with Crippen LogP contribution in [0, 0.1) is 10.1 Å². The fourth-order valence-corrected chi connectivity index (χ4v) is 2.04. The number of carbonyl (C=O) groups excluding carboxylic acids is 2. The predicted molar refractivity (Wildman–Crippen MR) is 96.4 cm³/mol. The second-order valence-electron chi connectivity index (χ2n) is 5.19. The van der Waals surface area contributed by atoms with Crippen molar-refractivity contribution in [1.29, 1.82) is 0 Å². The van der Waals surface area contributed by atoms with Crippen LogP contribution >= 0.6 is 11.6 Å². The molecule has 0 aromatic heterocycles. The van der Waals surface area contributed by atoms with Crippen LogP contribution in [-0.4, -0.2) is 23.4 Å². The van der Waals surface area contributed by atoms with E-state index in [1.54, 1.807) is 24.3 Å². The van der Waals surface area contributed by atoms with Crippen molar-refractivity contribution in [2.75, 3.05) is 6.61 Å². The van der Waals surface area contributed by atoms with Crippen molar-refractivity contribution in [3.05, 3.63) is 80.9 Å². The second kappa shape index (κ2) is 9.33. The summed E-state index contributed by atoms with van der Waals surface area (Å²) in [7, 11) is 0. The standard InChI is InChI=1S/C18H15ClN2O5/c19-15-6-1-14(2-7-15)11-20-17(22)12-26-18(23)10-5-13-3-8-16(9-4-13)21(24)25/h1-10H,11-12H2,(H,20,22)/b10-5+. The van der Waals surface area contributed by atoms with Gasteiger partial charge in [0, 0.05) is 29.8 Å². The van der Waals surface area contributed by atoms with E-state index in [-0.39, 0.29) is 5.69 Å². The lowest BCUT2D eigenvalue weighted by Gasteiger charge is -2.05. The van der Waals surface area contributed by atoms with Crippen molar-refractivity contribution >= 4 is 35.2 Å². The first kappa shape index (κ1) is 19.1. The molecule has 26 heavy (non-hydrogen) atoms. The smallest absolute Gasteiger partial charge is 0.331 e. The van der Waals surface area contributed by atoms with Crippen molar-refractivity contribution in [3.63, 3.8) is 0 Å². The van der Waals surface area contributed by atoms with E-state index in [4.69, 9.17) is 16.3 Å². The van der Waals surface area contributed by atoms with Gasteiger partial charge in [0.1, 0.15) is 0 Å². The average Bonchev–Trinajstić information content (AvgIpc) is 2.64. The summed E-state index contributed by atoms with van der Waals surface area (Å²) >= 11 is 5.77. The van der Waals surface area contributed by atoms with E-state index in [0.29, 0.717) is 17.1 Å². The molecule has 0 heterocycles. The van der Waals surface area contributed by atoms with Gasteiger partial charge < -0.3 is 10.1 Å². The molecule has 0 radical (unpaired) electrons. The van der Waals surface area contributed by atoms with E-state index in [1.807, 2.05) is 0 Å². The summed E-state index contributed by atoms with van der Waals surface area (Å²) in [4.78, 5) is 33.3. The van der Waals surface area contributed by atoms with E-state index in [9.17, 15) is 19.7 Å². The predicted octanol–water partition coefficient (Wildman–Crippen LogP) is 3.12. The number of carbonyl (C=O) groups is 2. The Morgan fingerprint density at radius 3 is 2.38 bits per heavy atom. The molecular formula is C18H15ClN2O5. The Morgan fingerprint density at radius 1 is 1.12 bits per heavy atom. The van der Waals surface area contributed by atoms with Crippen molar-refractivity contribution < 1.29 is 19.2 Å². The lowest BCUT2D eigenvalue weighted by atomic mass is 10.2. The normalized spacial score (nSPS) is 10.5. The van der Waals surface area contributed by atoms with E-state index in [1.165, 1.54) is 30.3 Å². The number of hydrogen-bond donors (Lipinski definition) is 1. The van der Waals surface area contributed by atoms with Crippen LogP contribution in [0.5, 0.6) is 0 Å². The molecular weight excluding hydrogens is 360 g/mol. The number of nitrogens with zero attached hydrogens (tertiary/aromatic N) is 1. The van der Waals surface area contributed by atoms with Gasteiger partial charge in [-0.2, -0.15) is 0 Å². The van der Waals surface area contributed by atoms with E-state index >= 15 is 0 Å². The number of nitrogens with one attached hydrogen (secondary N) is 1. The Bertz CT molecular complexity index is 816. The summed E-state index contributed by atoms with van der Waals surface area (Å²) in [5.41, 5.74) is 1.42. The number of hydrogen-bond acceptors (Lipinski definition) is 5. The minimum atomic E-state index is -0.690. The highest BCUT2D eigenvalue weighted by molar-refractivity contribution is 6.30. The second-order valence-corrected chi connectivity index (χ2v) is 5.63. The number of nitro groups is 1. The van der Waals surface area contributed by atoms with Crippen LogP contribution in [0.3, 0.4) is 0 Å². The summed E-state index contributed by atoms with van der Waals surface area (Å²) in [6, 6.07) is 12.6. The van der Waals surface area contributed by atoms with Gasteiger partial charge in [0.15, 0.2) is 6.61 Å². The molecule has 0 spiro atoms. The summed E-state index contributed by atoms with van der Waals surface area (Å²) in [5, 5.41) is 13.8. The number of ether oxygens (including phenoxy) is 1. The third-order valence-corrected chi connectivity index (χ3v) is 3.52. The van der Waals surface area contributed by atoms with Gasteiger partial charge in [0.2, 0.25) is 0 Å². The quantitative estimate of drug-likeness (QED) is 0.347. The highest BCUT2D eigenvalue weighted by Gasteiger charge is 2.06. The molecule has 0 saturated carbocycles. The first-order valence-electron chi connectivity index (χ1n) is 7.54. The van der Waals surface area contributed by atoms with E-state index < -0.39 is 23.4 Å². The molecule has 0 aliphatic heterocycles. The summed E-state index contributed by atoms with van der Waals surface area (Å²) in [5.74, 6) is -1.12. The molecule has 1 N–H and O–H groups in total. The highest BCUT2D eigenvalue weighted by Crippen LogP contribution is 2.13. The summed E-state index contributed by atoms with van der Waals surface area (Å²) in [6.07, 6.45) is 2.59. The van der Waals surface area contributed by atoms with Crippen molar-refractivity contribution in [2.45, 2.75) is 6.54 Å². The van der Waals surface area contributed by atoms with Gasteiger partial charge >= 0.3 is 5.97 Å². The minimum Gasteiger partial charge on any atom is -0.452 e. The molecule has 0 aliphatic carbocycles. The van der Waals surface area contributed by atoms with Crippen LogP contribution in [0.15, 0.2) is 54.6 Å². The number of non-ortho nitro benzene ring substituents is 1. The molecule has 7 nitrogen and oxygen atoms in total. The Balaban J connectivity index is 1.74. The number of esters is 1. The Hall–Kier alpha value is -3.19. The summed E-state index contributed by atoms with van der Waals surface area (Å²) in [6.45, 7) is -0.108. The zero-order chi connectivity index (χ0) is 18.9. The average molecular weight is 375 g/mol. The molecule has 0 unspecified atom stereocenters. The SMILES string of the molecule is O=C(COC(=O)/C=C/c1ccc([N+](=O)[O-])cc1)NCc1ccc(Cl)cc1. The number of rotatable bonds is 7. The Kier molecular flexibility index (Phi) is 6.87. The maximum Gasteiger partial charge on any atom is 0.331 e. The topological polar surface area (TPSA) is 98.5 Å². The molecule has 2 aromatic rings. The fourth-order valence-electron chi connectivity index (χ4n) is 1.91. The molecule has 134 valence electrons. The number of amides is 1. The Labute approximate surface area is 154 Å². The van der Waals surface area contributed by atoms with Gasteiger partial charge in [-0.15, -0.1) is 0 Å². The van der Waals surface area contributed by atoms with Crippen LogP contribution in [0.4, 0.5) is 5.69 Å². The number of halogens is 1. The minimum absolute atomic E-state index is 0.0397. The van der Waals surface area contributed by atoms with Crippen molar-refractivity contribution in [3.8, 4) is 0 Å². The molecule has 0 bridgehead atoms. The summed E-state index contributed by atoms with van der Waals surface area (Å²) < 4.78 is 4.83. The number of benzene rings is 2. The van der Waals surface area contributed by atoms with E-state index in [0.717, 1.165) is 11.6 Å². The highest BCUT2D eigenvalue weighted by atomic mass is 35.5. The van der Waals surface area contributed by atoms with E-state index in [2.05, 4.69) is 5.32 Å². The van der Waals surface area contributed by atoms with Gasteiger partial charge in [-0.3, -0.25) is 14.9 Å². The van der Waals surface area contributed by atoms with Gasteiger partial charge in [-0.05, 0) is 41.5 Å². The van der Waals surface area contributed by atoms with Gasteiger partial charge in [0.25, 0.3) is 11.6 Å². The molecule has 8 heteroatoms. The zero-order valence-corrected chi connectivity index (χ0v) is 14.3. The van der Waals surface area contributed by atoms with Crippen LogP contribution in [0.25, 0.3) is 6.08 Å². The third-order valence-electron chi connectivity index (χ3n) is 3.26. The van der Waals surface area contributed by atoms with Crippen LogP contribution < -0.4 is 5.32 Å². The molecule has 1 amide bonds. The first-order chi connectivity index (χ1) is 12.4. The maximum absolute atomic E-state index is 11.7. The molecule has 0 atom stereocenters. The third kappa shape index (κ3) is 6.37. The lowest BCUT2D eigenvalue weighted by molar-refractivity contribution is -0.384. The molecule has 0 saturated heterocycles. The largest absolute Gasteiger partial charge is 0.452 e. The van der Waals surface area contributed by atoms with Crippen LogP contribution in [-0.2, 0) is 20.9 Å². The van der Waals surface area contributed by atoms with Crippen molar-refractivity contribution in [1.82, 2.24) is 5.32 Å². The molecule has 0 fully saturated rings. The lowest BCUT2D eigenvalue weighted by Crippen LogP contribution is -2.28. The molecule has 2 rings (SSSR count). The Morgan fingerprint density at radius 2 is 1.77 bits per heavy atom. The van der Waals surface area contributed by atoms with Crippen LogP contribution in [0.2, 0.25) is 5.02 Å². The maximum atomic E-state index is 11.7.